The molecule has 0 saturated carbocycles. The molecule has 1 aromatic heterocycles. The van der Waals surface area contributed by atoms with Crippen molar-refractivity contribution < 1.29 is 14.3 Å². The molecule has 0 bridgehead atoms. The third kappa shape index (κ3) is 3.56. The second-order valence-electron chi connectivity index (χ2n) is 5.33. The number of carbonyl (C=O) groups excluding carboxylic acids is 1. The zero-order valence-electron chi connectivity index (χ0n) is 14.3. The van der Waals surface area contributed by atoms with Gasteiger partial charge in [-0.3, -0.25) is 9.59 Å². The first kappa shape index (κ1) is 17.2. The average Bonchev–Trinajstić information content (AvgIpc) is 2.69. The van der Waals surface area contributed by atoms with E-state index in [1.807, 2.05) is 30.3 Å². The Morgan fingerprint density at radius 2 is 1.81 bits per heavy atom. The van der Waals surface area contributed by atoms with Crippen LogP contribution in [0.5, 0.6) is 11.5 Å². The van der Waals surface area contributed by atoms with Crippen molar-refractivity contribution >= 4 is 11.6 Å². The van der Waals surface area contributed by atoms with Gasteiger partial charge in [-0.1, -0.05) is 18.2 Å². The SMILES string of the molecule is COc1ccc(NC(=O)c2nn(-c3ccccc3)ccc2=O)c(OC)c1. The summed E-state index contributed by atoms with van der Waals surface area (Å²) >= 11 is 0. The molecule has 0 radical (unpaired) electrons. The van der Waals surface area contributed by atoms with Crippen LogP contribution < -0.4 is 20.2 Å². The summed E-state index contributed by atoms with van der Waals surface area (Å²) in [5.74, 6) is 0.380. The number of anilines is 1. The van der Waals surface area contributed by atoms with Gasteiger partial charge in [0.05, 0.1) is 25.6 Å². The Morgan fingerprint density at radius 1 is 1.04 bits per heavy atom. The summed E-state index contributed by atoms with van der Waals surface area (Å²) < 4.78 is 11.8. The number of amides is 1. The number of nitrogens with zero attached hydrogens (tertiary/aromatic N) is 2. The molecule has 0 atom stereocenters. The van der Waals surface area contributed by atoms with Crippen LogP contribution >= 0.6 is 0 Å². The normalized spacial score (nSPS) is 10.2. The monoisotopic (exact) mass is 351 g/mol. The Bertz CT molecular complexity index is 984. The molecule has 7 heteroatoms. The van der Waals surface area contributed by atoms with Crippen LogP contribution in [0.2, 0.25) is 0 Å². The molecule has 3 rings (SSSR count). The van der Waals surface area contributed by atoms with E-state index in [1.54, 1.807) is 18.2 Å². The third-order valence-corrected chi connectivity index (χ3v) is 3.70. The third-order valence-electron chi connectivity index (χ3n) is 3.70. The lowest BCUT2D eigenvalue weighted by Crippen LogP contribution is -2.25. The first-order valence-corrected chi connectivity index (χ1v) is 7.81. The van der Waals surface area contributed by atoms with Gasteiger partial charge in [-0.25, -0.2) is 4.68 Å². The molecule has 0 aliphatic heterocycles. The van der Waals surface area contributed by atoms with Crippen LogP contribution in [0.15, 0.2) is 65.6 Å². The number of hydrogen-bond donors (Lipinski definition) is 1. The molecule has 1 heterocycles. The summed E-state index contributed by atoms with van der Waals surface area (Å²) in [6, 6.07) is 15.5. The highest BCUT2D eigenvalue weighted by Crippen LogP contribution is 2.29. The molecular weight excluding hydrogens is 334 g/mol. The molecule has 3 aromatic rings. The first-order chi connectivity index (χ1) is 12.6. The topological polar surface area (TPSA) is 82.5 Å². The molecule has 0 aliphatic rings. The molecule has 0 saturated heterocycles. The van der Waals surface area contributed by atoms with Crippen molar-refractivity contribution in [2.75, 3.05) is 19.5 Å². The number of hydrogen-bond acceptors (Lipinski definition) is 5. The van der Waals surface area contributed by atoms with Gasteiger partial charge in [-0.2, -0.15) is 5.10 Å². The molecule has 1 N–H and O–H groups in total. The van der Waals surface area contributed by atoms with Crippen LogP contribution in [0.3, 0.4) is 0 Å². The number of carbonyl (C=O) groups is 1. The van der Waals surface area contributed by atoms with Gasteiger partial charge in [0, 0.05) is 18.3 Å². The van der Waals surface area contributed by atoms with E-state index in [0.29, 0.717) is 17.2 Å². The Morgan fingerprint density at radius 3 is 2.50 bits per heavy atom. The standard InChI is InChI=1S/C19H17N3O4/c1-25-14-8-9-15(17(12-14)26-2)20-19(24)18-16(23)10-11-22(21-18)13-6-4-3-5-7-13/h3-12H,1-2H3,(H,20,24). The van der Waals surface area contributed by atoms with Crippen LogP contribution in [0.4, 0.5) is 5.69 Å². The van der Waals surface area contributed by atoms with Crippen LogP contribution in [-0.2, 0) is 0 Å². The van der Waals surface area contributed by atoms with E-state index in [9.17, 15) is 9.59 Å². The summed E-state index contributed by atoms with van der Waals surface area (Å²) in [7, 11) is 3.01. The summed E-state index contributed by atoms with van der Waals surface area (Å²) in [5.41, 5.74) is 0.467. The van der Waals surface area contributed by atoms with Crippen LogP contribution in [0.25, 0.3) is 5.69 Å². The first-order valence-electron chi connectivity index (χ1n) is 7.81. The highest BCUT2D eigenvalue weighted by molar-refractivity contribution is 6.03. The lowest BCUT2D eigenvalue weighted by molar-refractivity contribution is 0.101. The molecular formula is C19H17N3O4. The van der Waals surface area contributed by atoms with E-state index in [1.165, 1.54) is 31.2 Å². The summed E-state index contributed by atoms with van der Waals surface area (Å²) in [6.07, 6.45) is 1.52. The largest absolute Gasteiger partial charge is 0.497 e. The molecule has 0 aliphatic carbocycles. The number of para-hydroxylation sites is 1. The van der Waals surface area contributed by atoms with E-state index >= 15 is 0 Å². The lowest BCUT2D eigenvalue weighted by Gasteiger charge is -2.12. The Hall–Kier alpha value is -3.61. The summed E-state index contributed by atoms with van der Waals surface area (Å²) in [6.45, 7) is 0. The molecule has 0 unspecified atom stereocenters. The number of aromatic nitrogens is 2. The summed E-state index contributed by atoms with van der Waals surface area (Å²) in [5, 5.41) is 6.81. The zero-order chi connectivity index (χ0) is 18.5. The maximum atomic E-state index is 12.6. The maximum Gasteiger partial charge on any atom is 0.280 e. The van der Waals surface area contributed by atoms with Crippen molar-refractivity contribution in [3.05, 3.63) is 76.7 Å². The second-order valence-corrected chi connectivity index (χ2v) is 5.33. The van der Waals surface area contributed by atoms with Gasteiger partial charge in [-0.15, -0.1) is 0 Å². The molecule has 7 nitrogen and oxygen atoms in total. The van der Waals surface area contributed by atoms with Crippen molar-refractivity contribution in [1.29, 1.82) is 0 Å². The minimum Gasteiger partial charge on any atom is -0.497 e. The van der Waals surface area contributed by atoms with Gasteiger partial charge in [0.1, 0.15) is 11.5 Å². The second kappa shape index (κ2) is 7.52. The lowest BCUT2D eigenvalue weighted by atomic mass is 10.2. The van der Waals surface area contributed by atoms with Gasteiger partial charge in [-0.05, 0) is 24.3 Å². The highest BCUT2D eigenvalue weighted by Gasteiger charge is 2.16. The van der Waals surface area contributed by atoms with Crippen LogP contribution in [0.1, 0.15) is 10.5 Å². The fourth-order valence-corrected chi connectivity index (χ4v) is 2.37. The Labute approximate surface area is 149 Å². The Balaban J connectivity index is 1.92. The molecule has 0 spiro atoms. The fourth-order valence-electron chi connectivity index (χ4n) is 2.37. The van der Waals surface area contributed by atoms with Crippen molar-refractivity contribution in [3.8, 4) is 17.2 Å². The van der Waals surface area contributed by atoms with E-state index in [2.05, 4.69) is 10.4 Å². The number of benzene rings is 2. The molecule has 2 aromatic carbocycles. The predicted molar refractivity (Wildman–Crippen MR) is 97.3 cm³/mol. The molecule has 0 fully saturated rings. The molecule has 132 valence electrons. The predicted octanol–water partition coefficient (Wildman–Crippen LogP) is 2.50. The van der Waals surface area contributed by atoms with E-state index < -0.39 is 11.3 Å². The van der Waals surface area contributed by atoms with Crippen LogP contribution in [0, 0.1) is 0 Å². The van der Waals surface area contributed by atoms with Gasteiger partial charge in [0.25, 0.3) is 5.91 Å². The highest BCUT2D eigenvalue weighted by atomic mass is 16.5. The maximum absolute atomic E-state index is 12.6. The number of rotatable bonds is 5. The number of ether oxygens (including phenoxy) is 2. The molecule has 26 heavy (non-hydrogen) atoms. The van der Waals surface area contributed by atoms with E-state index in [4.69, 9.17) is 9.47 Å². The quantitative estimate of drug-likeness (QED) is 0.764. The van der Waals surface area contributed by atoms with Crippen molar-refractivity contribution in [2.45, 2.75) is 0 Å². The van der Waals surface area contributed by atoms with E-state index in [0.717, 1.165) is 5.69 Å². The minimum absolute atomic E-state index is 0.214. The van der Waals surface area contributed by atoms with Crippen molar-refractivity contribution in [2.24, 2.45) is 0 Å². The summed E-state index contributed by atoms with van der Waals surface area (Å²) in [4.78, 5) is 24.7. The van der Waals surface area contributed by atoms with Gasteiger partial charge in [0.15, 0.2) is 5.69 Å². The zero-order valence-corrected chi connectivity index (χ0v) is 14.3. The fraction of sp³-hybridized carbons (Fsp3) is 0.105. The van der Waals surface area contributed by atoms with Crippen LogP contribution in [-0.4, -0.2) is 29.9 Å². The van der Waals surface area contributed by atoms with Crippen molar-refractivity contribution in [3.63, 3.8) is 0 Å². The Kier molecular flexibility index (Phi) is 4.98. The van der Waals surface area contributed by atoms with Gasteiger partial charge < -0.3 is 14.8 Å². The minimum atomic E-state index is -0.622. The average molecular weight is 351 g/mol. The smallest absolute Gasteiger partial charge is 0.280 e. The molecule has 1 amide bonds. The number of nitrogens with one attached hydrogen (secondary N) is 1. The van der Waals surface area contributed by atoms with Gasteiger partial charge >= 0.3 is 0 Å². The van der Waals surface area contributed by atoms with E-state index in [-0.39, 0.29) is 5.69 Å². The van der Waals surface area contributed by atoms with Crippen molar-refractivity contribution in [1.82, 2.24) is 9.78 Å². The number of methoxy groups -OCH3 is 2. The van der Waals surface area contributed by atoms with Gasteiger partial charge in [0.2, 0.25) is 5.43 Å².